The quantitative estimate of drug-likeness (QED) is 0.901. The summed E-state index contributed by atoms with van der Waals surface area (Å²) in [5, 5.41) is 3.10. The minimum Gasteiger partial charge on any atom is -0.372 e. The van der Waals surface area contributed by atoms with Gasteiger partial charge in [0, 0.05) is 26.7 Å². The molecule has 2 fully saturated rings. The van der Waals surface area contributed by atoms with Crippen LogP contribution in [0, 0.1) is 5.92 Å². The van der Waals surface area contributed by atoms with E-state index < -0.39 is 0 Å². The Hall–Kier alpha value is -0.880. The van der Waals surface area contributed by atoms with Gasteiger partial charge in [-0.2, -0.15) is 0 Å². The average Bonchev–Trinajstić information content (AvgIpc) is 3.01. The van der Waals surface area contributed by atoms with Crippen LogP contribution < -0.4 is 10.2 Å². The van der Waals surface area contributed by atoms with Gasteiger partial charge < -0.3 is 15.1 Å². The smallest absolute Gasteiger partial charge is 0.148 e. The second-order valence-electron chi connectivity index (χ2n) is 6.05. The van der Waals surface area contributed by atoms with E-state index in [1.807, 2.05) is 7.05 Å². The van der Waals surface area contributed by atoms with Gasteiger partial charge in [-0.3, -0.25) is 0 Å². The van der Waals surface area contributed by atoms with Gasteiger partial charge >= 0.3 is 0 Å². The molecule has 21 heavy (non-hydrogen) atoms. The van der Waals surface area contributed by atoms with Crippen LogP contribution in [0.2, 0.25) is 0 Å². The lowest BCUT2D eigenvalue weighted by Gasteiger charge is -2.35. The van der Waals surface area contributed by atoms with Gasteiger partial charge in [0.05, 0.1) is 0 Å². The van der Waals surface area contributed by atoms with Gasteiger partial charge in [-0.1, -0.05) is 0 Å². The molecule has 1 aromatic heterocycles. The second kappa shape index (κ2) is 6.92. The number of piperidine rings is 1. The summed E-state index contributed by atoms with van der Waals surface area (Å²) >= 11 is 3.63. The fraction of sp³-hybridized carbons (Fsp3) is 0.733. The molecular formula is C15H24BrN5. The van der Waals surface area contributed by atoms with Crippen LogP contribution >= 0.6 is 15.9 Å². The monoisotopic (exact) mass is 353 g/mol. The Morgan fingerprint density at radius 1 is 1.19 bits per heavy atom. The van der Waals surface area contributed by atoms with Crippen molar-refractivity contribution in [2.45, 2.75) is 25.7 Å². The normalized spacial score (nSPS) is 21.0. The van der Waals surface area contributed by atoms with Crippen LogP contribution in [0.25, 0.3) is 0 Å². The first-order valence-corrected chi connectivity index (χ1v) is 8.73. The van der Waals surface area contributed by atoms with Gasteiger partial charge in [0.2, 0.25) is 0 Å². The molecule has 116 valence electrons. The van der Waals surface area contributed by atoms with E-state index in [4.69, 9.17) is 0 Å². The topological polar surface area (TPSA) is 44.3 Å². The first-order valence-electron chi connectivity index (χ1n) is 7.93. The Morgan fingerprint density at radius 2 is 1.90 bits per heavy atom. The van der Waals surface area contributed by atoms with Crippen molar-refractivity contribution in [3.63, 3.8) is 0 Å². The highest BCUT2D eigenvalue weighted by atomic mass is 79.9. The highest BCUT2D eigenvalue weighted by Gasteiger charge is 2.25. The fourth-order valence-electron chi connectivity index (χ4n) is 3.41. The van der Waals surface area contributed by atoms with Crippen LogP contribution in [0.5, 0.6) is 0 Å². The average molecular weight is 354 g/mol. The van der Waals surface area contributed by atoms with Crippen molar-refractivity contribution in [1.82, 2.24) is 14.9 Å². The van der Waals surface area contributed by atoms with E-state index in [2.05, 4.69) is 41.0 Å². The Morgan fingerprint density at radius 3 is 2.57 bits per heavy atom. The summed E-state index contributed by atoms with van der Waals surface area (Å²) < 4.78 is 0.977. The number of aromatic nitrogens is 2. The standard InChI is InChI=1S/C15H24BrN5/c1-17-14-13(16)15(19-11-18-14)21-8-4-12(5-9-21)10-20-6-2-3-7-20/h11-12H,2-10H2,1H3,(H,17,18,19). The highest BCUT2D eigenvalue weighted by molar-refractivity contribution is 9.10. The highest BCUT2D eigenvalue weighted by Crippen LogP contribution is 2.32. The van der Waals surface area contributed by atoms with Crippen LogP contribution in [-0.4, -0.2) is 54.6 Å². The zero-order valence-electron chi connectivity index (χ0n) is 12.7. The van der Waals surface area contributed by atoms with Crippen LogP contribution in [0.1, 0.15) is 25.7 Å². The number of nitrogens with zero attached hydrogens (tertiary/aromatic N) is 4. The van der Waals surface area contributed by atoms with Crippen LogP contribution in [0.15, 0.2) is 10.8 Å². The Kier molecular flexibility index (Phi) is 4.95. The van der Waals surface area contributed by atoms with Crippen molar-refractivity contribution in [3.05, 3.63) is 10.8 Å². The number of halogens is 1. The van der Waals surface area contributed by atoms with E-state index in [0.29, 0.717) is 0 Å². The lowest BCUT2D eigenvalue weighted by Crippen LogP contribution is -2.38. The maximum atomic E-state index is 4.46. The summed E-state index contributed by atoms with van der Waals surface area (Å²) in [6.45, 7) is 6.10. The molecule has 0 radical (unpaired) electrons. The van der Waals surface area contributed by atoms with Crippen molar-refractivity contribution in [1.29, 1.82) is 0 Å². The summed E-state index contributed by atoms with van der Waals surface area (Å²) in [6.07, 6.45) is 6.95. The van der Waals surface area contributed by atoms with Gasteiger partial charge in [0.15, 0.2) is 0 Å². The molecular weight excluding hydrogens is 330 g/mol. The van der Waals surface area contributed by atoms with Crippen LogP contribution in [0.4, 0.5) is 11.6 Å². The molecule has 1 aromatic rings. The molecule has 0 atom stereocenters. The van der Waals surface area contributed by atoms with E-state index in [1.165, 1.54) is 45.3 Å². The van der Waals surface area contributed by atoms with Crippen molar-refractivity contribution in [2.75, 3.05) is 50.0 Å². The Labute approximate surface area is 135 Å². The Balaban J connectivity index is 1.58. The molecule has 1 N–H and O–H groups in total. The molecule has 2 saturated heterocycles. The number of hydrogen-bond donors (Lipinski definition) is 1. The van der Waals surface area contributed by atoms with Crippen LogP contribution in [0.3, 0.4) is 0 Å². The molecule has 3 heterocycles. The maximum absolute atomic E-state index is 4.46. The van der Waals surface area contributed by atoms with E-state index in [-0.39, 0.29) is 0 Å². The third kappa shape index (κ3) is 3.48. The molecule has 0 bridgehead atoms. The van der Waals surface area contributed by atoms with E-state index in [9.17, 15) is 0 Å². The minimum absolute atomic E-state index is 0.851. The van der Waals surface area contributed by atoms with Gasteiger partial charge in [-0.25, -0.2) is 9.97 Å². The van der Waals surface area contributed by atoms with Gasteiger partial charge in [-0.15, -0.1) is 0 Å². The molecule has 0 saturated carbocycles. The summed E-state index contributed by atoms with van der Waals surface area (Å²) in [5.41, 5.74) is 0. The summed E-state index contributed by atoms with van der Waals surface area (Å²) in [4.78, 5) is 13.7. The van der Waals surface area contributed by atoms with Crippen molar-refractivity contribution in [3.8, 4) is 0 Å². The van der Waals surface area contributed by atoms with Gasteiger partial charge in [-0.05, 0) is 60.6 Å². The predicted octanol–water partition coefficient (Wildman–Crippen LogP) is 2.59. The van der Waals surface area contributed by atoms with Crippen molar-refractivity contribution < 1.29 is 0 Å². The lowest BCUT2D eigenvalue weighted by molar-refractivity contribution is 0.249. The SMILES string of the molecule is CNc1ncnc(N2CCC(CN3CCCC3)CC2)c1Br. The van der Waals surface area contributed by atoms with Gasteiger partial charge in [0.25, 0.3) is 0 Å². The molecule has 0 spiro atoms. The molecule has 5 nitrogen and oxygen atoms in total. The summed E-state index contributed by atoms with van der Waals surface area (Å²) in [5.74, 6) is 2.73. The fourth-order valence-corrected chi connectivity index (χ4v) is 4.07. The molecule has 0 aromatic carbocycles. The second-order valence-corrected chi connectivity index (χ2v) is 6.84. The third-order valence-corrected chi connectivity index (χ3v) is 5.37. The predicted molar refractivity (Wildman–Crippen MR) is 89.9 cm³/mol. The van der Waals surface area contributed by atoms with E-state index in [0.717, 1.165) is 35.1 Å². The largest absolute Gasteiger partial charge is 0.372 e. The maximum Gasteiger partial charge on any atom is 0.148 e. The minimum atomic E-state index is 0.851. The first-order chi connectivity index (χ1) is 10.3. The van der Waals surface area contributed by atoms with E-state index in [1.54, 1.807) is 6.33 Å². The number of likely N-dealkylation sites (tertiary alicyclic amines) is 1. The summed E-state index contributed by atoms with van der Waals surface area (Å²) in [7, 11) is 1.89. The number of hydrogen-bond acceptors (Lipinski definition) is 5. The van der Waals surface area contributed by atoms with Crippen LogP contribution in [-0.2, 0) is 0 Å². The molecule has 6 heteroatoms. The number of anilines is 2. The van der Waals surface area contributed by atoms with Gasteiger partial charge in [0.1, 0.15) is 22.4 Å². The lowest BCUT2D eigenvalue weighted by atomic mass is 9.96. The zero-order valence-corrected chi connectivity index (χ0v) is 14.3. The molecule has 0 amide bonds. The van der Waals surface area contributed by atoms with Crippen molar-refractivity contribution in [2.24, 2.45) is 5.92 Å². The number of rotatable bonds is 4. The first kappa shape index (κ1) is 15.0. The Bertz CT molecular complexity index is 467. The van der Waals surface area contributed by atoms with Crippen molar-refractivity contribution >= 4 is 27.6 Å². The molecule has 0 aliphatic carbocycles. The third-order valence-electron chi connectivity index (χ3n) is 4.64. The summed E-state index contributed by atoms with van der Waals surface area (Å²) in [6, 6.07) is 0. The number of nitrogens with one attached hydrogen (secondary N) is 1. The molecule has 2 aliphatic heterocycles. The molecule has 2 aliphatic rings. The van der Waals surface area contributed by atoms with E-state index >= 15 is 0 Å². The zero-order chi connectivity index (χ0) is 14.7. The molecule has 0 unspecified atom stereocenters. The molecule has 3 rings (SSSR count).